The highest BCUT2D eigenvalue weighted by Gasteiger charge is 2.04. The molecular formula is C19H20O2. The van der Waals surface area contributed by atoms with E-state index in [1.54, 1.807) is 7.11 Å². The van der Waals surface area contributed by atoms with Gasteiger partial charge in [-0.15, -0.1) is 0 Å². The van der Waals surface area contributed by atoms with Gasteiger partial charge in [0, 0.05) is 5.56 Å². The van der Waals surface area contributed by atoms with Gasteiger partial charge in [-0.3, -0.25) is 0 Å². The number of aliphatic hydroxyl groups is 1. The molecule has 0 saturated carbocycles. The van der Waals surface area contributed by atoms with Crippen LogP contribution >= 0.6 is 0 Å². The Morgan fingerprint density at radius 3 is 2.00 bits per heavy atom. The van der Waals surface area contributed by atoms with Crippen LogP contribution in [0.25, 0.3) is 0 Å². The first-order valence-corrected chi connectivity index (χ1v) is 7.03. The molecule has 0 heterocycles. The van der Waals surface area contributed by atoms with E-state index in [2.05, 4.69) is 25.7 Å². The first kappa shape index (κ1) is 15.2. The topological polar surface area (TPSA) is 29.5 Å². The molecule has 0 aliphatic rings. The average Bonchev–Trinajstić information content (AvgIpc) is 2.53. The number of methoxy groups -OCH3 is 1. The molecule has 0 radical (unpaired) electrons. The van der Waals surface area contributed by atoms with E-state index in [0.29, 0.717) is 5.92 Å². The molecule has 0 amide bonds. The molecule has 2 heteroatoms. The van der Waals surface area contributed by atoms with E-state index in [1.165, 1.54) is 5.56 Å². The number of rotatable bonds is 3. The zero-order valence-corrected chi connectivity index (χ0v) is 12.6. The third-order valence-electron chi connectivity index (χ3n) is 3.36. The van der Waals surface area contributed by atoms with E-state index in [9.17, 15) is 5.11 Å². The highest BCUT2D eigenvalue weighted by molar-refractivity contribution is 5.40. The van der Waals surface area contributed by atoms with E-state index in [1.807, 2.05) is 48.5 Å². The van der Waals surface area contributed by atoms with Gasteiger partial charge in [0.2, 0.25) is 0 Å². The second kappa shape index (κ2) is 6.97. The predicted octanol–water partition coefficient (Wildman–Crippen LogP) is 3.90. The SMILES string of the molecule is COc1ccc(C#CC(O)c2ccc(C(C)C)cc2)cc1. The molecule has 1 unspecified atom stereocenters. The Bertz CT molecular complexity index is 628. The molecule has 21 heavy (non-hydrogen) atoms. The molecule has 2 aromatic rings. The van der Waals surface area contributed by atoms with E-state index < -0.39 is 6.10 Å². The molecule has 2 rings (SSSR count). The fourth-order valence-corrected chi connectivity index (χ4v) is 1.97. The Kier molecular flexibility index (Phi) is 5.03. The molecular weight excluding hydrogens is 260 g/mol. The molecule has 0 aliphatic carbocycles. The van der Waals surface area contributed by atoms with Crippen LogP contribution in [-0.2, 0) is 0 Å². The molecule has 108 valence electrons. The Hall–Kier alpha value is -2.24. The number of hydrogen-bond acceptors (Lipinski definition) is 2. The normalized spacial score (nSPS) is 11.7. The van der Waals surface area contributed by atoms with Gasteiger partial charge in [0.1, 0.15) is 11.9 Å². The largest absolute Gasteiger partial charge is 0.497 e. The van der Waals surface area contributed by atoms with Crippen molar-refractivity contribution < 1.29 is 9.84 Å². The van der Waals surface area contributed by atoms with Crippen molar-refractivity contribution in [2.45, 2.75) is 25.9 Å². The van der Waals surface area contributed by atoms with Gasteiger partial charge in [-0.1, -0.05) is 50.0 Å². The Morgan fingerprint density at radius 1 is 0.905 bits per heavy atom. The minimum atomic E-state index is -0.770. The van der Waals surface area contributed by atoms with Gasteiger partial charge >= 0.3 is 0 Å². The van der Waals surface area contributed by atoms with Crippen LogP contribution in [0.5, 0.6) is 5.75 Å². The van der Waals surface area contributed by atoms with Crippen LogP contribution in [-0.4, -0.2) is 12.2 Å². The molecule has 1 N–H and O–H groups in total. The number of ether oxygens (including phenoxy) is 1. The predicted molar refractivity (Wildman–Crippen MR) is 85.4 cm³/mol. The van der Waals surface area contributed by atoms with Crippen molar-refractivity contribution in [3.63, 3.8) is 0 Å². The molecule has 0 aromatic heterocycles. The molecule has 0 spiro atoms. The zero-order chi connectivity index (χ0) is 15.2. The van der Waals surface area contributed by atoms with Crippen molar-refractivity contribution in [2.75, 3.05) is 7.11 Å². The van der Waals surface area contributed by atoms with Crippen molar-refractivity contribution in [1.29, 1.82) is 0 Å². The molecule has 0 saturated heterocycles. The first-order chi connectivity index (χ1) is 10.1. The van der Waals surface area contributed by atoms with Gasteiger partial charge < -0.3 is 9.84 Å². The molecule has 0 fully saturated rings. The Balaban J connectivity index is 2.10. The van der Waals surface area contributed by atoms with Gasteiger partial charge in [0.15, 0.2) is 0 Å². The lowest BCUT2D eigenvalue weighted by Gasteiger charge is -2.08. The lowest BCUT2D eigenvalue weighted by atomic mass is 10.00. The second-order valence-electron chi connectivity index (χ2n) is 5.22. The van der Waals surface area contributed by atoms with E-state index in [0.717, 1.165) is 16.9 Å². The average molecular weight is 280 g/mol. The summed E-state index contributed by atoms with van der Waals surface area (Å²) in [4.78, 5) is 0. The van der Waals surface area contributed by atoms with Crippen LogP contribution in [0.3, 0.4) is 0 Å². The highest BCUT2D eigenvalue weighted by Crippen LogP contribution is 2.18. The summed E-state index contributed by atoms with van der Waals surface area (Å²) >= 11 is 0. The van der Waals surface area contributed by atoms with Gasteiger partial charge in [-0.05, 0) is 41.3 Å². The van der Waals surface area contributed by atoms with Crippen LogP contribution < -0.4 is 4.74 Å². The van der Waals surface area contributed by atoms with Gasteiger partial charge in [-0.2, -0.15) is 0 Å². The lowest BCUT2D eigenvalue weighted by Crippen LogP contribution is -1.95. The summed E-state index contributed by atoms with van der Waals surface area (Å²) < 4.78 is 5.10. The number of aliphatic hydroxyl groups excluding tert-OH is 1. The zero-order valence-electron chi connectivity index (χ0n) is 12.6. The molecule has 1 atom stereocenters. The van der Waals surface area contributed by atoms with Crippen molar-refractivity contribution in [3.8, 4) is 17.6 Å². The Labute approximate surface area is 126 Å². The second-order valence-corrected chi connectivity index (χ2v) is 5.22. The number of hydrogen-bond donors (Lipinski definition) is 1. The Morgan fingerprint density at radius 2 is 1.48 bits per heavy atom. The van der Waals surface area contributed by atoms with E-state index in [-0.39, 0.29) is 0 Å². The van der Waals surface area contributed by atoms with Gasteiger partial charge in [0.05, 0.1) is 7.11 Å². The van der Waals surface area contributed by atoms with Crippen molar-refractivity contribution in [1.82, 2.24) is 0 Å². The number of benzene rings is 2. The lowest BCUT2D eigenvalue weighted by molar-refractivity contribution is 0.238. The maximum atomic E-state index is 10.1. The first-order valence-electron chi connectivity index (χ1n) is 7.03. The molecule has 0 bridgehead atoms. The maximum Gasteiger partial charge on any atom is 0.140 e. The fourth-order valence-electron chi connectivity index (χ4n) is 1.97. The van der Waals surface area contributed by atoms with Crippen molar-refractivity contribution in [2.24, 2.45) is 0 Å². The fraction of sp³-hybridized carbons (Fsp3) is 0.263. The van der Waals surface area contributed by atoms with Gasteiger partial charge in [-0.25, -0.2) is 0 Å². The standard InChI is InChI=1S/C19H20O2/c1-14(2)16-7-9-17(10-8-16)19(20)13-6-15-4-11-18(21-3)12-5-15/h4-5,7-12,14,19-20H,1-3H3. The van der Waals surface area contributed by atoms with Crippen LogP contribution in [0.1, 0.15) is 42.6 Å². The summed E-state index contributed by atoms with van der Waals surface area (Å²) in [5.41, 5.74) is 2.93. The van der Waals surface area contributed by atoms with Gasteiger partial charge in [0.25, 0.3) is 0 Å². The smallest absolute Gasteiger partial charge is 0.140 e. The van der Waals surface area contributed by atoms with E-state index >= 15 is 0 Å². The summed E-state index contributed by atoms with van der Waals surface area (Å²) in [6, 6.07) is 15.4. The highest BCUT2D eigenvalue weighted by atomic mass is 16.5. The van der Waals surface area contributed by atoms with Crippen LogP contribution in [0.2, 0.25) is 0 Å². The minimum absolute atomic E-state index is 0.488. The summed E-state index contributed by atoms with van der Waals surface area (Å²) in [7, 11) is 1.63. The summed E-state index contributed by atoms with van der Waals surface area (Å²) in [6.07, 6.45) is -0.770. The quantitative estimate of drug-likeness (QED) is 0.864. The van der Waals surface area contributed by atoms with Crippen LogP contribution in [0.15, 0.2) is 48.5 Å². The van der Waals surface area contributed by atoms with E-state index in [4.69, 9.17) is 4.74 Å². The summed E-state index contributed by atoms with van der Waals surface area (Å²) in [5.74, 6) is 7.13. The molecule has 0 aliphatic heterocycles. The van der Waals surface area contributed by atoms with Crippen molar-refractivity contribution in [3.05, 3.63) is 65.2 Å². The monoisotopic (exact) mass is 280 g/mol. The third-order valence-corrected chi connectivity index (χ3v) is 3.36. The van der Waals surface area contributed by atoms with Crippen LogP contribution in [0.4, 0.5) is 0 Å². The summed E-state index contributed by atoms with van der Waals surface area (Å²) in [5, 5.41) is 10.1. The van der Waals surface area contributed by atoms with Crippen LogP contribution in [0, 0.1) is 11.8 Å². The summed E-state index contributed by atoms with van der Waals surface area (Å²) in [6.45, 7) is 4.30. The maximum absolute atomic E-state index is 10.1. The molecule has 2 nitrogen and oxygen atoms in total. The molecule has 2 aromatic carbocycles. The minimum Gasteiger partial charge on any atom is -0.497 e. The third kappa shape index (κ3) is 4.11. The van der Waals surface area contributed by atoms with Crippen molar-refractivity contribution >= 4 is 0 Å².